The smallest absolute Gasteiger partial charge is 0.0262 e. The van der Waals surface area contributed by atoms with E-state index in [9.17, 15) is 0 Å². The summed E-state index contributed by atoms with van der Waals surface area (Å²) in [7, 11) is 0. The monoisotopic (exact) mass is 194 g/mol. The van der Waals surface area contributed by atoms with Crippen LogP contribution in [-0.4, -0.2) is 0 Å². The largest absolute Gasteiger partial charge is 0.0985 e. The Kier molecular flexibility index (Phi) is 16.0. The Bertz CT molecular complexity index is 206. The van der Waals surface area contributed by atoms with Gasteiger partial charge in [0.2, 0.25) is 0 Å². The van der Waals surface area contributed by atoms with Gasteiger partial charge in [0.05, 0.1) is 0 Å². The maximum Gasteiger partial charge on any atom is -0.0262 e. The Morgan fingerprint density at radius 3 is 1.79 bits per heavy atom. The highest BCUT2D eigenvalue weighted by Gasteiger charge is 1.86. The van der Waals surface area contributed by atoms with Gasteiger partial charge in [-0.2, -0.15) is 0 Å². The summed E-state index contributed by atoms with van der Waals surface area (Å²) in [6, 6.07) is 8.45. The second-order valence-corrected chi connectivity index (χ2v) is 2.30. The van der Waals surface area contributed by atoms with Gasteiger partial charge in [0.25, 0.3) is 0 Å². The molecule has 82 valence electrons. The van der Waals surface area contributed by atoms with Crippen LogP contribution in [0.4, 0.5) is 0 Å². The minimum absolute atomic E-state index is 0. The van der Waals surface area contributed by atoms with E-state index in [2.05, 4.69) is 37.8 Å². The van der Waals surface area contributed by atoms with E-state index in [1.807, 2.05) is 19.9 Å². The third-order valence-electron chi connectivity index (χ3n) is 1.62. The van der Waals surface area contributed by atoms with Gasteiger partial charge in [-0.3, -0.25) is 0 Å². The first kappa shape index (κ1) is 18.7. The third kappa shape index (κ3) is 6.47. The summed E-state index contributed by atoms with van der Waals surface area (Å²) in [4.78, 5) is 0. The second-order valence-electron chi connectivity index (χ2n) is 2.30. The van der Waals surface area contributed by atoms with E-state index in [1.165, 1.54) is 11.1 Å². The summed E-state index contributed by atoms with van der Waals surface area (Å²) >= 11 is 0. The molecule has 0 N–H and O–H groups in total. The van der Waals surface area contributed by atoms with Gasteiger partial charge in [-0.25, -0.2) is 0 Å². The summed E-state index contributed by atoms with van der Waals surface area (Å²) in [5.41, 5.74) is 2.57. The molecule has 0 bridgehead atoms. The van der Waals surface area contributed by atoms with Crippen molar-refractivity contribution in [2.45, 2.75) is 42.0 Å². The molecule has 1 aromatic carbocycles. The number of benzene rings is 1. The van der Waals surface area contributed by atoms with Crippen molar-refractivity contribution < 1.29 is 0 Å². The highest BCUT2D eigenvalue weighted by atomic mass is 13.9. The Morgan fingerprint density at radius 2 is 1.50 bits per heavy atom. The molecule has 0 aromatic heterocycles. The van der Waals surface area contributed by atoms with E-state index < -0.39 is 0 Å². The molecular formula is C14H26. The molecule has 0 saturated heterocycles. The lowest BCUT2D eigenvalue weighted by atomic mass is 10.1. The number of rotatable bonds is 2. The number of aryl methyl sites for hydroxylation is 1. The van der Waals surface area contributed by atoms with Gasteiger partial charge >= 0.3 is 0 Å². The number of hydrogen-bond acceptors (Lipinski definition) is 0. The first-order valence-electron chi connectivity index (χ1n) is 4.58. The lowest BCUT2D eigenvalue weighted by molar-refractivity contribution is 1.14. The number of hydrogen-bond donors (Lipinski definition) is 0. The zero-order valence-electron chi connectivity index (χ0n) is 8.30. The lowest BCUT2D eigenvalue weighted by Gasteiger charge is -1.95. The minimum Gasteiger partial charge on any atom is -0.0985 e. The summed E-state index contributed by atoms with van der Waals surface area (Å²) in [6.45, 7) is 9.84. The molecular weight excluding hydrogens is 168 g/mol. The third-order valence-corrected chi connectivity index (χ3v) is 1.62. The topological polar surface area (TPSA) is 0 Å². The van der Waals surface area contributed by atoms with Crippen LogP contribution in [0.1, 0.15) is 46.8 Å². The summed E-state index contributed by atoms with van der Waals surface area (Å²) < 4.78 is 0. The molecule has 0 saturated carbocycles. The molecule has 0 aliphatic carbocycles. The standard InChI is InChI=1S/C10H12.C2H6.2CH4/c1-3-9-5-7-10(4-2)8-6-9;1-2;;/h3,5-8H,1,4H2,2H3;1-2H3;2*1H4. The molecule has 0 spiro atoms. The molecule has 14 heavy (non-hydrogen) atoms. The van der Waals surface area contributed by atoms with Gasteiger partial charge < -0.3 is 0 Å². The SMILES string of the molecule is C.C.C=Cc1ccc(CC)cc1.CC. The van der Waals surface area contributed by atoms with E-state index in [0.717, 1.165) is 6.42 Å². The van der Waals surface area contributed by atoms with Crippen molar-refractivity contribution in [3.8, 4) is 0 Å². The molecule has 0 aliphatic heterocycles. The highest BCUT2D eigenvalue weighted by molar-refractivity contribution is 5.47. The van der Waals surface area contributed by atoms with Crippen LogP contribution in [0.3, 0.4) is 0 Å². The van der Waals surface area contributed by atoms with E-state index in [-0.39, 0.29) is 14.9 Å². The summed E-state index contributed by atoms with van der Waals surface area (Å²) in [5.74, 6) is 0. The zero-order valence-corrected chi connectivity index (χ0v) is 8.30. The fourth-order valence-corrected chi connectivity index (χ4v) is 0.889. The first-order valence-corrected chi connectivity index (χ1v) is 4.58. The van der Waals surface area contributed by atoms with Gasteiger partial charge in [0.15, 0.2) is 0 Å². The average molecular weight is 194 g/mol. The van der Waals surface area contributed by atoms with Gasteiger partial charge in [0.1, 0.15) is 0 Å². The van der Waals surface area contributed by atoms with Crippen molar-refractivity contribution in [2.24, 2.45) is 0 Å². The molecule has 0 aliphatic rings. The van der Waals surface area contributed by atoms with Crippen molar-refractivity contribution in [1.29, 1.82) is 0 Å². The Hall–Kier alpha value is -1.04. The van der Waals surface area contributed by atoms with Crippen molar-refractivity contribution in [2.75, 3.05) is 0 Å². The van der Waals surface area contributed by atoms with Crippen molar-refractivity contribution in [3.05, 3.63) is 42.0 Å². The van der Waals surface area contributed by atoms with Crippen molar-refractivity contribution >= 4 is 6.08 Å². The molecule has 1 aromatic rings. The molecule has 0 fully saturated rings. The van der Waals surface area contributed by atoms with E-state index >= 15 is 0 Å². The lowest BCUT2D eigenvalue weighted by Crippen LogP contribution is -1.78. The van der Waals surface area contributed by atoms with Crippen LogP contribution in [0.2, 0.25) is 0 Å². The van der Waals surface area contributed by atoms with E-state index in [4.69, 9.17) is 0 Å². The fourth-order valence-electron chi connectivity index (χ4n) is 0.889. The maximum absolute atomic E-state index is 3.69. The highest BCUT2D eigenvalue weighted by Crippen LogP contribution is 2.05. The zero-order chi connectivity index (χ0) is 9.40. The fraction of sp³-hybridized carbons (Fsp3) is 0.429. The molecule has 1 rings (SSSR count). The second kappa shape index (κ2) is 12.0. The molecule has 0 unspecified atom stereocenters. The van der Waals surface area contributed by atoms with E-state index in [1.54, 1.807) is 0 Å². The predicted molar refractivity (Wildman–Crippen MR) is 70.7 cm³/mol. The van der Waals surface area contributed by atoms with Gasteiger partial charge in [0, 0.05) is 0 Å². The van der Waals surface area contributed by atoms with Crippen molar-refractivity contribution in [3.63, 3.8) is 0 Å². The minimum atomic E-state index is 0. The van der Waals surface area contributed by atoms with Crippen LogP contribution in [-0.2, 0) is 6.42 Å². The molecule has 0 amide bonds. The normalized spacial score (nSPS) is 7.07. The van der Waals surface area contributed by atoms with Crippen LogP contribution in [0, 0.1) is 0 Å². The van der Waals surface area contributed by atoms with Gasteiger partial charge in [-0.05, 0) is 17.5 Å². The maximum atomic E-state index is 3.69. The van der Waals surface area contributed by atoms with Crippen LogP contribution in [0.15, 0.2) is 30.8 Å². The van der Waals surface area contributed by atoms with Crippen LogP contribution >= 0.6 is 0 Å². The van der Waals surface area contributed by atoms with Crippen LogP contribution in [0.5, 0.6) is 0 Å². The van der Waals surface area contributed by atoms with Crippen LogP contribution < -0.4 is 0 Å². The van der Waals surface area contributed by atoms with Gasteiger partial charge in [-0.1, -0.05) is 72.5 Å². The van der Waals surface area contributed by atoms with Gasteiger partial charge in [-0.15, -0.1) is 0 Å². The van der Waals surface area contributed by atoms with E-state index in [0.29, 0.717) is 0 Å². The first-order chi connectivity index (χ1) is 5.86. The Balaban J connectivity index is -0.000000284. The quantitative estimate of drug-likeness (QED) is 0.607. The summed E-state index contributed by atoms with van der Waals surface area (Å²) in [6.07, 6.45) is 2.97. The van der Waals surface area contributed by atoms with Crippen LogP contribution in [0.25, 0.3) is 6.08 Å². The Morgan fingerprint density at radius 1 is 1.07 bits per heavy atom. The molecule has 0 nitrogen and oxygen atoms in total. The molecule has 0 radical (unpaired) electrons. The molecule has 0 heteroatoms. The predicted octanol–water partition coefficient (Wildman–Crippen LogP) is 5.19. The average Bonchev–Trinajstić information content (AvgIpc) is 2.21. The van der Waals surface area contributed by atoms with Crippen molar-refractivity contribution in [1.82, 2.24) is 0 Å². The molecule has 0 atom stereocenters. The summed E-state index contributed by atoms with van der Waals surface area (Å²) in [5, 5.41) is 0. The Labute approximate surface area is 90.7 Å². The molecule has 0 heterocycles.